The maximum absolute atomic E-state index is 2.59. The van der Waals surface area contributed by atoms with E-state index in [0.717, 1.165) is 17.8 Å². The molecule has 0 saturated heterocycles. The molecule has 0 heterocycles. The molecular weight excluding hydrogens is 264 g/mol. The van der Waals surface area contributed by atoms with E-state index in [1.54, 1.807) is 11.1 Å². The molecule has 0 aromatic carbocycles. The van der Waals surface area contributed by atoms with Gasteiger partial charge in [-0.2, -0.15) is 0 Å². The van der Waals surface area contributed by atoms with Crippen LogP contribution in [-0.4, -0.2) is 0 Å². The van der Waals surface area contributed by atoms with Crippen molar-refractivity contribution in [3.8, 4) is 0 Å². The Bertz CT molecular complexity index is 575. The van der Waals surface area contributed by atoms with Gasteiger partial charge >= 0.3 is 0 Å². The topological polar surface area (TPSA) is 0 Å². The average Bonchev–Trinajstić information content (AvgIpc) is 2.84. The predicted molar refractivity (Wildman–Crippen MR) is 94.6 cm³/mol. The Morgan fingerprint density at radius 1 is 1.00 bits per heavy atom. The highest BCUT2D eigenvalue weighted by Crippen LogP contribution is 2.64. The molecule has 0 spiro atoms. The molecule has 0 aromatic heterocycles. The summed E-state index contributed by atoms with van der Waals surface area (Å²) < 4.78 is 0. The highest BCUT2D eigenvalue weighted by atomic mass is 14.6. The standard InChI is InChI=1S/C22H32/c1-5-16-7-9-19-18-8-6-17-14-15(2)10-12-22(17,4)20(18)11-13-21(16,19)3/h5-6,8,15,19-20H,7,9-14H2,1-4H3/b16-5-/t15?,19?,20?,21-,22+/m1/s1. The molecular formula is C22H32. The maximum Gasteiger partial charge on any atom is -0.00474 e. The monoisotopic (exact) mass is 296 g/mol. The van der Waals surface area contributed by atoms with Crippen molar-refractivity contribution in [1.82, 2.24) is 0 Å². The van der Waals surface area contributed by atoms with Crippen molar-refractivity contribution in [2.45, 2.75) is 72.6 Å². The molecule has 0 amide bonds. The van der Waals surface area contributed by atoms with E-state index < -0.39 is 0 Å². The molecule has 0 heteroatoms. The molecule has 3 unspecified atom stereocenters. The summed E-state index contributed by atoms with van der Waals surface area (Å²) >= 11 is 0. The molecule has 120 valence electrons. The van der Waals surface area contributed by atoms with Gasteiger partial charge in [-0.3, -0.25) is 0 Å². The highest BCUT2D eigenvalue weighted by Gasteiger charge is 2.54. The van der Waals surface area contributed by atoms with E-state index in [1.807, 2.05) is 5.57 Å². The molecule has 0 radical (unpaired) electrons. The second kappa shape index (κ2) is 4.86. The van der Waals surface area contributed by atoms with Crippen molar-refractivity contribution in [1.29, 1.82) is 0 Å². The van der Waals surface area contributed by atoms with E-state index in [4.69, 9.17) is 0 Å². The van der Waals surface area contributed by atoms with E-state index >= 15 is 0 Å². The Morgan fingerprint density at radius 3 is 2.50 bits per heavy atom. The number of hydrogen-bond donors (Lipinski definition) is 0. The third-order valence-electron chi connectivity index (χ3n) is 8.02. The van der Waals surface area contributed by atoms with Crippen LogP contribution in [0.25, 0.3) is 0 Å². The first-order chi connectivity index (χ1) is 10.5. The molecule has 3 fully saturated rings. The quantitative estimate of drug-likeness (QED) is 0.450. The first kappa shape index (κ1) is 14.8. The van der Waals surface area contributed by atoms with E-state index in [1.165, 1.54) is 44.9 Å². The second-order valence-corrected chi connectivity index (χ2v) is 9.04. The smallest absolute Gasteiger partial charge is 0.00474 e. The van der Waals surface area contributed by atoms with Gasteiger partial charge in [0.1, 0.15) is 0 Å². The van der Waals surface area contributed by atoms with Crippen LogP contribution in [0.15, 0.2) is 34.9 Å². The minimum absolute atomic E-state index is 0.473. The summed E-state index contributed by atoms with van der Waals surface area (Å²) in [4.78, 5) is 0. The van der Waals surface area contributed by atoms with Gasteiger partial charge in [-0.1, -0.05) is 55.7 Å². The van der Waals surface area contributed by atoms with Gasteiger partial charge in [0.15, 0.2) is 0 Å². The fourth-order valence-corrected chi connectivity index (χ4v) is 6.51. The Balaban J connectivity index is 1.75. The van der Waals surface area contributed by atoms with Gasteiger partial charge in [-0.15, -0.1) is 0 Å². The first-order valence-electron chi connectivity index (χ1n) is 9.56. The van der Waals surface area contributed by atoms with Crippen LogP contribution in [-0.2, 0) is 0 Å². The Kier molecular flexibility index (Phi) is 3.26. The Hall–Kier alpha value is -0.780. The van der Waals surface area contributed by atoms with Gasteiger partial charge in [0.2, 0.25) is 0 Å². The number of allylic oxidation sites excluding steroid dienone is 6. The fourth-order valence-electron chi connectivity index (χ4n) is 6.51. The molecule has 5 atom stereocenters. The molecule has 4 rings (SSSR count). The molecule has 0 bridgehead atoms. The number of fused-ring (bicyclic) bond motifs is 5. The van der Waals surface area contributed by atoms with Crippen LogP contribution in [0.1, 0.15) is 72.6 Å². The summed E-state index contributed by atoms with van der Waals surface area (Å²) in [5.74, 6) is 2.56. The van der Waals surface area contributed by atoms with Gasteiger partial charge in [0.25, 0.3) is 0 Å². The maximum atomic E-state index is 2.59. The molecule has 4 aliphatic carbocycles. The lowest BCUT2D eigenvalue weighted by Crippen LogP contribution is -2.44. The number of rotatable bonds is 0. The minimum atomic E-state index is 0.473. The SMILES string of the molecule is C/C=C1/CCC2C3=CC=C4CC(C)CC[C@]4(C)C3CC[C@]12C. The summed E-state index contributed by atoms with van der Waals surface area (Å²) in [5, 5.41) is 0. The zero-order valence-corrected chi connectivity index (χ0v) is 14.9. The minimum Gasteiger partial charge on any atom is -0.0879 e. The van der Waals surface area contributed by atoms with Crippen LogP contribution in [0.3, 0.4) is 0 Å². The van der Waals surface area contributed by atoms with Gasteiger partial charge in [-0.05, 0) is 80.5 Å². The van der Waals surface area contributed by atoms with Crippen molar-refractivity contribution in [2.24, 2.45) is 28.6 Å². The van der Waals surface area contributed by atoms with Crippen LogP contribution in [0, 0.1) is 28.6 Å². The molecule has 4 aliphatic rings. The van der Waals surface area contributed by atoms with Gasteiger partial charge in [0, 0.05) is 0 Å². The largest absolute Gasteiger partial charge is 0.0879 e. The predicted octanol–water partition coefficient (Wildman–Crippen LogP) is 6.45. The van der Waals surface area contributed by atoms with E-state index in [-0.39, 0.29) is 0 Å². The van der Waals surface area contributed by atoms with Crippen LogP contribution < -0.4 is 0 Å². The van der Waals surface area contributed by atoms with Gasteiger partial charge in [0.05, 0.1) is 0 Å². The van der Waals surface area contributed by atoms with Gasteiger partial charge in [-0.25, -0.2) is 0 Å². The van der Waals surface area contributed by atoms with Crippen LogP contribution in [0.2, 0.25) is 0 Å². The second-order valence-electron chi connectivity index (χ2n) is 9.04. The summed E-state index contributed by atoms with van der Waals surface area (Å²) in [6.45, 7) is 9.84. The zero-order valence-electron chi connectivity index (χ0n) is 14.9. The Morgan fingerprint density at radius 2 is 1.73 bits per heavy atom. The average molecular weight is 296 g/mol. The molecule has 0 aliphatic heterocycles. The van der Waals surface area contributed by atoms with Crippen molar-refractivity contribution in [2.75, 3.05) is 0 Å². The highest BCUT2D eigenvalue weighted by molar-refractivity contribution is 5.41. The Labute approximate surface area is 136 Å². The fraction of sp³-hybridized carbons (Fsp3) is 0.727. The molecule has 22 heavy (non-hydrogen) atoms. The first-order valence-corrected chi connectivity index (χ1v) is 9.56. The molecule has 0 nitrogen and oxygen atoms in total. The van der Waals surface area contributed by atoms with Crippen molar-refractivity contribution in [3.63, 3.8) is 0 Å². The van der Waals surface area contributed by atoms with Crippen LogP contribution in [0.4, 0.5) is 0 Å². The van der Waals surface area contributed by atoms with Crippen LogP contribution in [0.5, 0.6) is 0 Å². The lowest BCUT2D eigenvalue weighted by atomic mass is 9.50. The number of hydrogen-bond acceptors (Lipinski definition) is 0. The summed E-state index contributed by atoms with van der Waals surface area (Å²) in [6.07, 6.45) is 17.3. The van der Waals surface area contributed by atoms with E-state index in [9.17, 15) is 0 Å². The summed E-state index contributed by atoms with van der Waals surface area (Å²) in [7, 11) is 0. The zero-order chi connectivity index (χ0) is 15.5. The van der Waals surface area contributed by atoms with E-state index in [0.29, 0.717) is 10.8 Å². The summed E-state index contributed by atoms with van der Waals surface area (Å²) in [5.41, 5.74) is 6.30. The van der Waals surface area contributed by atoms with E-state index in [2.05, 4.69) is 45.9 Å². The normalized spacial score (nSPS) is 49.1. The molecule has 0 N–H and O–H groups in total. The summed E-state index contributed by atoms with van der Waals surface area (Å²) in [6, 6.07) is 0. The van der Waals surface area contributed by atoms with Crippen LogP contribution >= 0.6 is 0 Å². The molecule has 0 aromatic rings. The third kappa shape index (κ3) is 1.82. The van der Waals surface area contributed by atoms with Crippen molar-refractivity contribution >= 4 is 0 Å². The van der Waals surface area contributed by atoms with Crippen molar-refractivity contribution in [3.05, 3.63) is 34.9 Å². The lowest BCUT2D eigenvalue weighted by molar-refractivity contribution is 0.106. The lowest BCUT2D eigenvalue weighted by Gasteiger charge is -2.54. The van der Waals surface area contributed by atoms with Gasteiger partial charge < -0.3 is 0 Å². The van der Waals surface area contributed by atoms with Crippen molar-refractivity contribution < 1.29 is 0 Å². The third-order valence-corrected chi connectivity index (χ3v) is 8.02. The molecule has 3 saturated carbocycles.